The molecule has 0 bridgehead atoms. The van der Waals surface area contributed by atoms with Crippen LogP contribution in [-0.4, -0.2) is 28.1 Å². The Labute approximate surface area is 119 Å². The lowest BCUT2D eigenvalue weighted by Gasteiger charge is -2.01. The summed E-state index contributed by atoms with van der Waals surface area (Å²) in [6, 6.07) is 0.719. The van der Waals surface area contributed by atoms with Gasteiger partial charge in [-0.3, -0.25) is 10.1 Å². The number of rotatable bonds is 3. The second-order valence-electron chi connectivity index (χ2n) is 3.86. The van der Waals surface area contributed by atoms with Crippen molar-refractivity contribution in [3.8, 4) is 10.7 Å². The number of imide groups is 1. The number of aromatic nitrogens is 2. The van der Waals surface area contributed by atoms with Gasteiger partial charge in [0, 0.05) is 9.85 Å². The first-order valence-corrected chi connectivity index (χ1v) is 6.97. The Morgan fingerprint density at radius 1 is 1.47 bits per heavy atom. The summed E-state index contributed by atoms with van der Waals surface area (Å²) in [7, 11) is 0. The van der Waals surface area contributed by atoms with Crippen LogP contribution in [-0.2, 0) is 11.2 Å². The van der Waals surface area contributed by atoms with Crippen molar-refractivity contribution in [2.45, 2.75) is 12.5 Å². The highest BCUT2D eigenvalue weighted by Crippen LogP contribution is 2.27. The maximum atomic E-state index is 11.4. The summed E-state index contributed by atoms with van der Waals surface area (Å²) >= 11 is 4.82. The molecule has 2 aromatic heterocycles. The maximum absolute atomic E-state index is 11.4. The molecule has 1 fully saturated rings. The van der Waals surface area contributed by atoms with Gasteiger partial charge in [-0.2, -0.15) is 4.98 Å². The molecule has 0 spiro atoms. The molecule has 1 aliphatic heterocycles. The van der Waals surface area contributed by atoms with Gasteiger partial charge in [-0.05, 0) is 22.0 Å². The lowest BCUT2D eigenvalue weighted by Crippen LogP contribution is -2.31. The smallest absolute Gasteiger partial charge is 0.322 e. The molecule has 1 saturated heterocycles. The number of amides is 3. The molecule has 0 saturated carbocycles. The Kier molecular flexibility index (Phi) is 3.07. The van der Waals surface area contributed by atoms with Crippen molar-refractivity contribution in [3.63, 3.8) is 0 Å². The Hall–Kier alpha value is -1.74. The van der Waals surface area contributed by atoms with Gasteiger partial charge >= 0.3 is 6.03 Å². The highest BCUT2D eigenvalue weighted by molar-refractivity contribution is 9.10. The molecule has 1 atom stereocenters. The summed E-state index contributed by atoms with van der Waals surface area (Å²) in [6.07, 6.45) is 0.178. The van der Waals surface area contributed by atoms with E-state index in [1.54, 1.807) is 0 Å². The van der Waals surface area contributed by atoms with E-state index >= 15 is 0 Å². The normalized spacial score (nSPS) is 18.5. The zero-order valence-electron chi connectivity index (χ0n) is 9.34. The standard InChI is InChI=1S/C10H7BrN4O3S/c11-4-1-6(19-3-4)8-13-7(18-15-8)2-5-9(16)14-10(17)12-5/h1,3,5H,2H2,(H2,12,14,16,17)/t5-/m0/s1. The number of hydrogen-bond acceptors (Lipinski definition) is 6. The minimum Gasteiger partial charge on any atom is -0.339 e. The van der Waals surface area contributed by atoms with Crippen LogP contribution in [0.4, 0.5) is 4.79 Å². The highest BCUT2D eigenvalue weighted by Gasteiger charge is 2.31. The molecule has 0 unspecified atom stereocenters. The van der Waals surface area contributed by atoms with Crippen LogP contribution < -0.4 is 10.6 Å². The van der Waals surface area contributed by atoms with Crippen LogP contribution in [0.3, 0.4) is 0 Å². The number of halogens is 1. The first kappa shape index (κ1) is 12.3. The number of nitrogens with one attached hydrogen (secondary N) is 2. The second kappa shape index (κ2) is 4.74. The van der Waals surface area contributed by atoms with Crippen LogP contribution in [0.5, 0.6) is 0 Å². The van der Waals surface area contributed by atoms with Crippen molar-refractivity contribution in [2.75, 3.05) is 0 Å². The number of hydrogen-bond donors (Lipinski definition) is 2. The third-order valence-corrected chi connectivity index (χ3v) is 4.18. The van der Waals surface area contributed by atoms with Crippen molar-refractivity contribution in [1.29, 1.82) is 0 Å². The molecule has 0 radical (unpaired) electrons. The monoisotopic (exact) mass is 342 g/mol. The predicted octanol–water partition coefficient (Wildman–Crippen LogP) is 1.31. The van der Waals surface area contributed by atoms with Crippen molar-refractivity contribution < 1.29 is 14.1 Å². The second-order valence-corrected chi connectivity index (χ2v) is 5.69. The highest BCUT2D eigenvalue weighted by atomic mass is 79.9. The molecular weight excluding hydrogens is 336 g/mol. The third-order valence-electron chi connectivity index (χ3n) is 2.49. The molecule has 0 aromatic carbocycles. The van der Waals surface area contributed by atoms with E-state index in [1.165, 1.54) is 11.3 Å². The fourth-order valence-corrected chi connectivity index (χ4v) is 3.00. The van der Waals surface area contributed by atoms with Gasteiger partial charge in [-0.25, -0.2) is 4.79 Å². The maximum Gasteiger partial charge on any atom is 0.322 e. The molecule has 19 heavy (non-hydrogen) atoms. The van der Waals surface area contributed by atoms with Crippen molar-refractivity contribution in [2.24, 2.45) is 0 Å². The van der Waals surface area contributed by atoms with Gasteiger partial charge in [-0.1, -0.05) is 5.16 Å². The SMILES string of the molecule is O=C1NC(=O)[C@H](Cc2nc(-c3cc(Br)cs3)no2)N1. The van der Waals surface area contributed by atoms with Crippen molar-refractivity contribution in [1.82, 2.24) is 20.8 Å². The molecule has 9 heteroatoms. The molecule has 3 heterocycles. The van der Waals surface area contributed by atoms with E-state index in [0.29, 0.717) is 11.7 Å². The molecule has 3 amide bonds. The summed E-state index contributed by atoms with van der Waals surface area (Å²) in [6.45, 7) is 0. The third kappa shape index (κ3) is 2.51. The van der Waals surface area contributed by atoms with E-state index in [2.05, 4.69) is 36.7 Å². The van der Waals surface area contributed by atoms with Crippen molar-refractivity contribution in [3.05, 3.63) is 21.8 Å². The van der Waals surface area contributed by atoms with E-state index in [1.807, 2.05) is 11.4 Å². The number of carbonyl (C=O) groups excluding carboxylic acids is 2. The van der Waals surface area contributed by atoms with Gasteiger partial charge in [-0.15, -0.1) is 11.3 Å². The summed E-state index contributed by atoms with van der Waals surface area (Å²) in [5.41, 5.74) is 0. The van der Waals surface area contributed by atoms with Crippen LogP contribution in [0.1, 0.15) is 5.89 Å². The van der Waals surface area contributed by atoms with E-state index in [0.717, 1.165) is 9.35 Å². The summed E-state index contributed by atoms with van der Waals surface area (Å²) < 4.78 is 6.02. The molecule has 1 aliphatic rings. The zero-order valence-corrected chi connectivity index (χ0v) is 11.7. The number of urea groups is 1. The van der Waals surface area contributed by atoms with Gasteiger partial charge in [0.1, 0.15) is 6.04 Å². The average Bonchev–Trinajstić information content (AvgIpc) is 3.02. The van der Waals surface area contributed by atoms with Gasteiger partial charge in [0.25, 0.3) is 5.91 Å². The average molecular weight is 343 g/mol. The van der Waals surface area contributed by atoms with E-state index in [9.17, 15) is 9.59 Å². The van der Waals surface area contributed by atoms with Gasteiger partial charge in [0.15, 0.2) is 0 Å². The molecule has 0 aliphatic carbocycles. The largest absolute Gasteiger partial charge is 0.339 e. The molecule has 3 rings (SSSR count). The lowest BCUT2D eigenvalue weighted by molar-refractivity contribution is -0.120. The molecule has 98 valence electrons. The van der Waals surface area contributed by atoms with Crippen LogP contribution in [0, 0.1) is 0 Å². The Balaban J connectivity index is 1.75. The topological polar surface area (TPSA) is 97.1 Å². The molecular formula is C10H7BrN4O3S. The minimum atomic E-state index is -0.657. The summed E-state index contributed by atoms with van der Waals surface area (Å²) in [5.74, 6) is 0.390. The molecule has 7 nitrogen and oxygen atoms in total. The van der Waals surface area contributed by atoms with Crippen LogP contribution in [0.25, 0.3) is 10.7 Å². The lowest BCUT2D eigenvalue weighted by atomic mass is 10.2. The Morgan fingerprint density at radius 2 is 2.32 bits per heavy atom. The fourth-order valence-electron chi connectivity index (χ4n) is 1.65. The zero-order chi connectivity index (χ0) is 13.4. The van der Waals surface area contributed by atoms with Crippen LogP contribution in [0.15, 0.2) is 20.4 Å². The van der Waals surface area contributed by atoms with Crippen LogP contribution in [0.2, 0.25) is 0 Å². The Bertz CT molecular complexity index is 653. The minimum absolute atomic E-state index is 0.178. The van der Waals surface area contributed by atoms with Crippen LogP contribution >= 0.6 is 27.3 Å². The first-order valence-electron chi connectivity index (χ1n) is 5.30. The summed E-state index contributed by atoms with van der Waals surface area (Å²) in [4.78, 5) is 27.4. The predicted molar refractivity (Wildman–Crippen MR) is 69.5 cm³/mol. The molecule has 2 N–H and O–H groups in total. The summed E-state index contributed by atoms with van der Waals surface area (Å²) in [5, 5.41) is 10.4. The Morgan fingerprint density at radius 3 is 2.95 bits per heavy atom. The van der Waals surface area contributed by atoms with E-state index in [-0.39, 0.29) is 12.3 Å². The quantitative estimate of drug-likeness (QED) is 0.819. The van der Waals surface area contributed by atoms with Crippen molar-refractivity contribution >= 4 is 39.2 Å². The number of carbonyl (C=O) groups is 2. The van der Waals surface area contributed by atoms with E-state index < -0.39 is 12.1 Å². The van der Waals surface area contributed by atoms with Gasteiger partial charge in [0.2, 0.25) is 11.7 Å². The van der Waals surface area contributed by atoms with E-state index in [4.69, 9.17) is 4.52 Å². The van der Waals surface area contributed by atoms with Gasteiger partial charge < -0.3 is 9.84 Å². The van der Waals surface area contributed by atoms with Gasteiger partial charge in [0.05, 0.1) is 11.3 Å². The number of nitrogens with zero attached hydrogens (tertiary/aromatic N) is 2. The molecule has 2 aromatic rings. The number of thiophene rings is 1. The fraction of sp³-hybridized carbons (Fsp3) is 0.200. The first-order chi connectivity index (χ1) is 9.11.